The Morgan fingerprint density at radius 1 is 1.18 bits per heavy atom. The summed E-state index contributed by atoms with van der Waals surface area (Å²) in [6, 6.07) is 9.55. The number of carboxylic acids is 1. The van der Waals surface area contributed by atoms with E-state index in [-0.39, 0.29) is 24.3 Å². The van der Waals surface area contributed by atoms with Crippen molar-refractivity contribution in [1.82, 2.24) is 4.90 Å². The molecular formula is C22H29NO5. The van der Waals surface area contributed by atoms with Crippen molar-refractivity contribution in [3.8, 4) is 0 Å². The van der Waals surface area contributed by atoms with Gasteiger partial charge in [-0.1, -0.05) is 42.8 Å². The second kappa shape index (κ2) is 12.1. The minimum atomic E-state index is -0.979. The summed E-state index contributed by atoms with van der Waals surface area (Å²) < 4.78 is 5.04. The van der Waals surface area contributed by atoms with E-state index in [2.05, 4.69) is 0 Å². The monoisotopic (exact) mass is 387 g/mol. The lowest BCUT2D eigenvalue weighted by Crippen LogP contribution is -2.38. The van der Waals surface area contributed by atoms with Crippen molar-refractivity contribution in [3.63, 3.8) is 0 Å². The molecule has 0 spiro atoms. The van der Waals surface area contributed by atoms with Crippen molar-refractivity contribution in [1.29, 1.82) is 0 Å². The Hall–Kier alpha value is -2.47. The fourth-order valence-electron chi connectivity index (χ4n) is 3.32. The molecule has 1 saturated heterocycles. The molecule has 6 heteroatoms. The van der Waals surface area contributed by atoms with Crippen molar-refractivity contribution in [3.05, 3.63) is 48.0 Å². The molecule has 0 radical (unpaired) electrons. The van der Waals surface area contributed by atoms with Crippen LogP contribution in [0.1, 0.15) is 44.1 Å². The summed E-state index contributed by atoms with van der Waals surface area (Å²) >= 11 is 0. The molecule has 0 bridgehead atoms. The molecule has 1 aliphatic heterocycles. The summed E-state index contributed by atoms with van der Waals surface area (Å²) in [4.78, 5) is 37.0. The summed E-state index contributed by atoms with van der Waals surface area (Å²) in [7, 11) is 0. The Morgan fingerprint density at radius 2 is 1.96 bits per heavy atom. The molecule has 1 fully saturated rings. The second-order valence-corrected chi connectivity index (χ2v) is 7.04. The van der Waals surface area contributed by atoms with Gasteiger partial charge < -0.3 is 14.7 Å². The van der Waals surface area contributed by atoms with E-state index in [0.29, 0.717) is 32.4 Å². The summed E-state index contributed by atoms with van der Waals surface area (Å²) in [6.07, 6.45) is 8.51. The SMILES string of the molecule is O=C(O)COCCCCN1C(=O)CCCC[C@@H]1/C=C/C(=O)Cc1ccccc1. The van der Waals surface area contributed by atoms with Gasteiger partial charge in [0.05, 0.1) is 6.04 Å². The minimum Gasteiger partial charge on any atom is -0.480 e. The Balaban J connectivity index is 1.86. The number of nitrogens with zero attached hydrogens (tertiary/aromatic N) is 1. The van der Waals surface area contributed by atoms with Gasteiger partial charge in [-0.15, -0.1) is 0 Å². The Kier molecular flexibility index (Phi) is 9.42. The molecule has 2 rings (SSSR count). The van der Waals surface area contributed by atoms with Crippen LogP contribution in [-0.4, -0.2) is 53.5 Å². The number of aliphatic carboxylic acids is 1. The van der Waals surface area contributed by atoms with E-state index in [1.54, 1.807) is 6.08 Å². The van der Waals surface area contributed by atoms with E-state index in [1.807, 2.05) is 41.3 Å². The van der Waals surface area contributed by atoms with E-state index >= 15 is 0 Å². The maximum Gasteiger partial charge on any atom is 0.329 e. The zero-order chi connectivity index (χ0) is 20.2. The zero-order valence-electron chi connectivity index (χ0n) is 16.2. The van der Waals surface area contributed by atoms with Gasteiger partial charge in [-0.25, -0.2) is 4.79 Å². The highest BCUT2D eigenvalue weighted by atomic mass is 16.5. The first-order valence-electron chi connectivity index (χ1n) is 9.90. The molecule has 1 aliphatic rings. The molecule has 0 aliphatic carbocycles. The first kappa shape index (κ1) is 21.8. The third-order valence-electron chi connectivity index (χ3n) is 4.75. The van der Waals surface area contributed by atoms with Crippen LogP contribution in [-0.2, 0) is 25.5 Å². The lowest BCUT2D eigenvalue weighted by atomic mass is 10.1. The normalized spacial score (nSPS) is 17.6. The molecule has 1 amide bonds. The van der Waals surface area contributed by atoms with E-state index in [4.69, 9.17) is 9.84 Å². The highest BCUT2D eigenvalue weighted by Gasteiger charge is 2.24. The molecule has 1 heterocycles. The third kappa shape index (κ3) is 8.05. The number of carboxylic acid groups (broad SMARTS) is 1. The number of ketones is 1. The van der Waals surface area contributed by atoms with E-state index in [9.17, 15) is 14.4 Å². The van der Waals surface area contributed by atoms with Crippen LogP contribution >= 0.6 is 0 Å². The van der Waals surface area contributed by atoms with Crippen LogP contribution in [0, 0.1) is 0 Å². The predicted octanol–water partition coefficient (Wildman–Crippen LogP) is 3.01. The summed E-state index contributed by atoms with van der Waals surface area (Å²) in [5, 5.41) is 8.56. The van der Waals surface area contributed by atoms with E-state index in [0.717, 1.165) is 31.2 Å². The smallest absolute Gasteiger partial charge is 0.329 e. The van der Waals surface area contributed by atoms with Crippen molar-refractivity contribution in [2.75, 3.05) is 19.8 Å². The Labute approximate surface area is 166 Å². The Bertz CT molecular complexity index is 671. The van der Waals surface area contributed by atoms with Crippen molar-refractivity contribution in [2.45, 2.75) is 51.0 Å². The van der Waals surface area contributed by atoms with Gasteiger partial charge in [0.25, 0.3) is 0 Å². The lowest BCUT2D eigenvalue weighted by molar-refractivity contribution is -0.142. The first-order chi connectivity index (χ1) is 13.6. The maximum absolute atomic E-state index is 12.5. The first-order valence-corrected chi connectivity index (χ1v) is 9.90. The molecule has 1 N–H and O–H groups in total. The molecule has 152 valence electrons. The van der Waals surface area contributed by atoms with Gasteiger partial charge >= 0.3 is 5.97 Å². The topological polar surface area (TPSA) is 83.9 Å². The van der Waals surface area contributed by atoms with Crippen LogP contribution in [0.2, 0.25) is 0 Å². The number of ether oxygens (including phenoxy) is 1. The molecule has 28 heavy (non-hydrogen) atoms. The van der Waals surface area contributed by atoms with Gasteiger partial charge in [-0.3, -0.25) is 9.59 Å². The summed E-state index contributed by atoms with van der Waals surface area (Å²) in [5.41, 5.74) is 0.979. The molecule has 1 atom stereocenters. The average Bonchev–Trinajstić information content (AvgIpc) is 2.85. The van der Waals surface area contributed by atoms with Crippen LogP contribution in [0.5, 0.6) is 0 Å². The highest BCUT2D eigenvalue weighted by Crippen LogP contribution is 2.20. The van der Waals surface area contributed by atoms with Gasteiger partial charge in [0.15, 0.2) is 5.78 Å². The third-order valence-corrected chi connectivity index (χ3v) is 4.75. The molecule has 0 unspecified atom stereocenters. The maximum atomic E-state index is 12.5. The van der Waals surface area contributed by atoms with E-state index < -0.39 is 5.97 Å². The van der Waals surface area contributed by atoms with Gasteiger partial charge in [-0.2, -0.15) is 0 Å². The predicted molar refractivity (Wildman–Crippen MR) is 106 cm³/mol. The number of likely N-dealkylation sites (tertiary alicyclic amines) is 1. The number of carbonyl (C=O) groups excluding carboxylic acids is 2. The number of allylic oxidation sites excluding steroid dienone is 1. The van der Waals surface area contributed by atoms with Crippen LogP contribution in [0.4, 0.5) is 0 Å². The molecular weight excluding hydrogens is 358 g/mol. The molecule has 1 aromatic rings. The van der Waals surface area contributed by atoms with E-state index in [1.165, 1.54) is 0 Å². The fraction of sp³-hybridized carbons (Fsp3) is 0.500. The lowest BCUT2D eigenvalue weighted by Gasteiger charge is -2.28. The fourth-order valence-corrected chi connectivity index (χ4v) is 3.32. The number of hydrogen-bond donors (Lipinski definition) is 1. The second-order valence-electron chi connectivity index (χ2n) is 7.04. The van der Waals surface area contributed by atoms with Crippen molar-refractivity contribution < 1.29 is 24.2 Å². The minimum absolute atomic E-state index is 0.0323. The number of amides is 1. The molecule has 0 aromatic heterocycles. The van der Waals surface area contributed by atoms with Crippen LogP contribution < -0.4 is 0 Å². The molecule has 6 nitrogen and oxygen atoms in total. The van der Waals surface area contributed by atoms with Crippen LogP contribution in [0.25, 0.3) is 0 Å². The summed E-state index contributed by atoms with van der Waals surface area (Å²) in [5.74, 6) is -0.827. The zero-order valence-corrected chi connectivity index (χ0v) is 16.2. The number of hydrogen-bond acceptors (Lipinski definition) is 4. The summed E-state index contributed by atoms with van der Waals surface area (Å²) in [6.45, 7) is 0.666. The van der Waals surface area contributed by atoms with Gasteiger partial charge in [0.1, 0.15) is 6.61 Å². The number of carbonyl (C=O) groups is 3. The molecule has 0 saturated carbocycles. The number of unbranched alkanes of at least 4 members (excludes halogenated alkanes) is 1. The Morgan fingerprint density at radius 3 is 2.71 bits per heavy atom. The van der Waals surface area contributed by atoms with Gasteiger partial charge in [-0.05, 0) is 37.3 Å². The number of benzene rings is 1. The van der Waals surface area contributed by atoms with Crippen LogP contribution in [0.3, 0.4) is 0 Å². The number of rotatable bonds is 11. The average molecular weight is 387 g/mol. The highest BCUT2D eigenvalue weighted by molar-refractivity contribution is 5.91. The van der Waals surface area contributed by atoms with Crippen molar-refractivity contribution in [2.24, 2.45) is 0 Å². The van der Waals surface area contributed by atoms with Crippen molar-refractivity contribution >= 4 is 17.7 Å². The molecule has 1 aromatic carbocycles. The quantitative estimate of drug-likeness (QED) is 0.466. The standard InChI is InChI=1S/C22H29NO5/c24-20(16-18-8-2-1-3-9-18)13-12-19-10-4-5-11-21(25)23(19)14-6-7-15-28-17-22(26)27/h1-3,8-9,12-13,19H,4-7,10-11,14-17H2,(H,26,27)/b13-12+/t19-/m1/s1. The van der Waals surface area contributed by atoms with Gasteiger partial charge in [0.2, 0.25) is 5.91 Å². The van der Waals surface area contributed by atoms with Gasteiger partial charge in [0, 0.05) is 26.0 Å². The largest absolute Gasteiger partial charge is 0.480 e. The van der Waals surface area contributed by atoms with Crippen LogP contribution in [0.15, 0.2) is 42.5 Å².